The molecule has 0 saturated heterocycles. The number of para-hydroxylation sites is 1. The molecule has 0 aliphatic carbocycles. The standard InChI is InChI=1S/C23H27N3O2/c1-17(19-8-4-3-5-9-19)25-23(28)13-15-26(18(2)27)14-12-20-16-24-22-11-7-6-10-21(20)22/h3-11,16-17,24H,12-15H2,1-2H3,(H,25,28). The highest BCUT2D eigenvalue weighted by molar-refractivity contribution is 5.83. The summed E-state index contributed by atoms with van der Waals surface area (Å²) in [4.78, 5) is 29.3. The Balaban J connectivity index is 1.52. The molecule has 5 nitrogen and oxygen atoms in total. The third kappa shape index (κ3) is 5.00. The van der Waals surface area contributed by atoms with Crippen LogP contribution in [0.15, 0.2) is 60.8 Å². The Morgan fingerprint density at radius 2 is 1.75 bits per heavy atom. The summed E-state index contributed by atoms with van der Waals surface area (Å²) in [6.45, 7) is 4.54. The number of nitrogens with zero attached hydrogens (tertiary/aromatic N) is 1. The van der Waals surface area contributed by atoms with Crippen LogP contribution in [0.5, 0.6) is 0 Å². The van der Waals surface area contributed by atoms with Crippen molar-refractivity contribution in [3.63, 3.8) is 0 Å². The smallest absolute Gasteiger partial charge is 0.222 e. The average molecular weight is 377 g/mol. The van der Waals surface area contributed by atoms with Crippen molar-refractivity contribution in [3.8, 4) is 0 Å². The minimum Gasteiger partial charge on any atom is -0.361 e. The van der Waals surface area contributed by atoms with Crippen molar-refractivity contribution in [1.82, 2.24) is 15.2 Å². The maximum atomic E-state index is 12.3. The van der Waals surface area contributed by atoms with E-state index in [1.807, 2.05) is 61.7 Å². The molecule has 146 valence electrons. The molecule has 0 radical (unpaired) electrons. The van der Waals surface area contributed by atoms with Crippen molar-refractivity contribution < 1.29 is 9.59 Å². The third-order valence-electron chi connectivity index (χ3n) is 5.06. The lowest BCUT2D eigenvalue weighted by Crippen LogP contribution is -2.35. The van der Waals surface area contributed by atoms with Crippen LogP contribution in [0, 0.1) is 0 Å². The SMILES string of the molecule is CC(=O)N(CCC(=O)NC(C)c1ccccc1)CCc1c[nH]c2ccccc12. The second kappa shape index (κ2) is 9.22. The number of aromatic amines is 1. The Kier molecular flexibility index (Phi) is 6.48. The molecule has 1 unspecified atom stereocenters. The number of benzene rings is 2. The van der Waals surface area contributed by atoms with E-state index in [1.165, 1.54) is 10.9 Å². The largest absolute Gasteiger partial charge is 0.361 e. The van der Waals surface area contributed by atoms with Crippen LogP contribution < -0.4 is 5.32 Å². The van der Waals surface area contributed by atoms with Gasteiger partial charge in [-0.15, -0.1) is 0 Å². The van der Waals surface area contributed by atoms with E-state index in [0.717, 1.165) is 17.5 Å². The molecule has 2 N–H and O–H groups in total. The number of H-pyrrole nitrogens is 1. The predicted molar refractivity (Wildman–Crippen MR) is 112 cm³/mol. The molecule has 2 amide bonds. The van der Waals surface area contributed by atoms with Gasteiger partial charge in [-0.05, 0) is 30.5 Å². The molecule has 5 heteroatoms. The van der Waals surface area contributed by atoms with Crippen LogP contribution in [0.1, 0.15) is 37.4 Å². The fraction of sp³-hybridized carbons (Fsp3) is 0.304. The molecule has 1 atom stereocenters. The van der Waals surface area contributed by atoms with Gasteiger partial charge in [0.05, 0.1) is 6.04 Å². The summed E-state index contributed by atoms with van der Waals surface area (Å²) in [6, 6.07) is 17.9. The molecule has 2 aromatic carbocycles. The van der Waals surface area contributed by atoms with Crippen LogP contribution in [0.2, 0.25) is 0 Å². The average Bonchev–Trinajstić information content (AvgIpc) is 3.11. The van der Waals surface area contributed by atoms with Crippen LogP contribution >= 0.6 is 0 Å². The summed E-state index contributed by atoms with van der Waals surface area (Å²) in [7, 11) is 0. The summed E-state index contributed by atoms with van der Waals surface area (Å²) < 4.78 is 0. The molecular formula is C23H27N3O2. The maximum absolute atomic E-state index is 12.3. The van der Waals surface area contributed by atoms with E-state index < -0.39 is 0 Å². The van der Waals surface area contributed by atoms with Gasteiger partial charge >= 0.3 is 0 Å². The fourth-order valence-corrected chi connectivity index (χ4v) is 3.40. The van der Waals surface area contributed by atoms with Crippen LogP contribution in [-0.4, -0.2) is 34.8 Å². The Morgan fingerprint density at radius 3 is 2.50 bits per heavy atom. The van der Waals surface area contributed by atoms with Gasteiger partial charge in [-0.25, -0.2) is 0 Å². The minimum atomic E-state index is -0.0503. The first-order valence-electron chi connectivity index (χ1n) is 9.69. The Bertz CT molecular complexity index is 933. The number of hydrogen-bond acceptors (Lipinski definition) is 2. The Morgan fingerprint density at radius 1 is 1.04 bits per heavy atom. The highest BCUT2D eigenvalue weighted by atomic mass is 16.2. The highest BCUT2D eigenvalue weighted by Gasteiger charge is 2.14. The van der Waals surface area contributed by atoms with E-state index in [9.17, 15) is 9.59 Å². The van der Waals surface area contributed by atoms with Crippen molar-refractivity contribution in [2.45, 2.75) is 32.7 Å². The normalized spacial score (nSPS) is 11.9. The van der Waals surface area contributed by atoms with E-state index in [0.29, 0.717) is 19.5 Å². The zero-order valence-corrected chi connectivity index (χ0v) is 16.4. The monoisotopic (exact) mass is 377 g/mol. The fourth-order valence-electron chi connectivity index (χ4n) is 3.40. The lowest BCUT2D eigenvalue weighted by molar-refractivity contribution is -0.129. The Hall–Kier alpha value is -3.08. The third-order valence-corrected chi connectivity index (χ3v) is 5.06. The highest BCUT2D eigenvalue weighted by Crippen LogP contribution is 2.18. The van der Waals surface area contributed by atoms with Gasteiger partial charge in [0.15, 0.2) is 0 Å². The molecule has 0 spiro atoms. The first-order valence-corrected chi connectivity index (χ1v) is 9.69. The van der Waals surface area contributed by atoms with E-state index in [1.54, 1.807) is 11.8 Å². The molecule has 0 saturated carbocycles. The van der Waals surface area contributed by atoms with Crippen molar-refractivity contribution in [3.05, 3.63) is 71.9 Å². The van der Waals surface area contributed by atoms with Crippen molar-refractivity contribution in [2.24, 2.45) is 0 Å². The first kappa shape index (κ1) is 19.7. The van der Waals surface area contributed by atoms with Gasteiger partial charge in [0.2, 0.25) is 11.8 Å². The number of carbonyl (C=O) groups is 2. The minimum absolute atomic E-state index is 0.0104. The van der Waals surface area contributed by atoms with Gasteiger partial charge < -0.3 is 15.2 Å². The van der Waals surface area contributed by atoms with Crippen LogP contribution in [0.25, 0.3) is 10.9 Å². The number of rotatable bonds is 8. The second-order valence-corrected chi connectivity index (χ2v) is 7.07. The number of nitrogens with one attached hydrogen (secondary N) is 2. The van der Waals surface area contributed by atoms with E-state index in [4.69, 9.17) is 0 Å². The topological polar surface area (TPSA) is 65.2 Å². The van der Waals surface area contributed by atoms with Crippen molar-refractivity contribution >= 4 is 22.7 Å². The summed E-state index contributed by atoms with van der Waals surface area (Å²) >= 11 is 0. The number of hydrogen-bond donors (Lipinski definition) is 2. The van der Waals surface area contributed by atoms with Crippen molar-refractivity contribution in [1.29, 1.82) is 0 Å². The molecule has 0 bridgehead atoms. The molecule has 3 rings (SSSR count). The molecule has 3 aromatic rings. The van der Waals surface area contributed by atoms with Crippen LogP contribution in [-0.2, 0) is 16.0 Å². The van der Waals surface area contributed by atoms with Gasteiger partial charge in [-0.3, -0.25) is 9.59 Å². The summed E-state index contributed by atoms with van der Waals surface area (Å²) in [5.74, 6) is -0.0570. The van der Waals surface area contributed by atoms with Crippen LogP contribution in [0.4, 0.5) is 0 Å². The van der Waals surface area contributed by atoms with Gasteiger partial charge in [0.25, 0.3) is 0 Å². The second-order valence-electron chi connectivity index (χ2n) is 7.07. The molecule has 1 heterocycles. The predicted octanol–water partition coefficient (Wildman–Crippen LogP) is 3.83. The number of amides is 2. The first-order chi connectivity index (χ1) is 13.5. The summed E-state index contributed by atoms with van der Waals surface area (Å²) in [5, 5.41) is 4.18. The van der Waals surface area contributed by atoms with Gasteiger partial charge in [0.1, 0.15) is 0 Å². The van der Waals surface area contributed by atoms with E-state index in [-0.39, 0.29) is 17.9 Å². The Labute approximate surface area is 165 Å². The van der Waals surface area contributed by atoms with Gasteiger partial charge in [-0.2, -0.15) is 0 Å². The van der Waals surface area contributed by atoms with E-state index in [2.05, 4.69) is 16.4 Å². The van der Waals surface area contributed by atoms with Gasteiger partial charge in [0, 0.05) is 43.5 Å². The number of aromatic nitrogens is 1. The molecule has 1 aromatic heterocycles. The number of fused-ring (bicyclic) bond motifs is 1. The summed E-state index contributed by atoms with van der Waals surface area (Å²) in [5.41, 5.74) is 3.35. The quantitative estimate of drug-likeness (QED) is 0.627. The van der Waals surface area contributed by atoms with Crippen molar-refractivity contribution in [2.75, 3.05) is 13.1 Å². The molecule has 0 aliphatic heterocycles. The zero-order chi connectivity index (χ0) is 19.9. The maximum Gasteiger partial charge on any atom is 0.222 e. The number of carbonyl (C=O) groups excluding carboxylic acids is 2. The van der Waals surface area contributed by atoms with E-state index >= 15 is 0 Å². The molecular weight excluding hydrogens is 350 g/mol. The lowest BCUT2D eigenvalue weighted by atomic mass is 10.1. The van der Waals surface area contributed by atoms with Gasteiger partial charge in [-0.1, -0.05) is 48.5 Å². The molecule has 0 fully saturated rings. The van der Waals surface area contributed by atoms with Crippen LogP contribution in [0.3, 0.4) is 0 Å². The molecule has 28 heavy (non-hydrogen) atoms. The lowest BCUT2D eigenvalue weighted by Gasteiger charge is -2.21. The zero-order valence-electron chi connectivity index (χ0n) is 16.4. The summed E-state index contributed by atoms with van der Waals surface area (Å²) in [6.07, 6.45) is 3.05. The molecule has 0 aliphatic rings.